The molecule has 4 aliphatic rings. The van der Waals surface area contributed by atoms with Crippen molar-refractivity contribution in [3.05, 3.63) is 289 Å². The van der Waals surface area contributed by atoms with Crippen LogP contribution in [0.5, 0.6) is 0 Å². The number of hydrogen-bond donors (Lipinski definition) is 0. The van der Waals surface area contributed by atoms with Gasteiger partial charge in [0, 0.05) is 74.9 Å². The quantitative estimate of drug-likeness (QED) is 0.141. The van der Waals surface area contributed by atoms with E-state index in [9.17, 15) is 0 Å². The van der Waals surface area contributed by atoms with Crippen LogP contribution in [0.1, 0.15) is 90.1 Å². The van der Waals surface area contributed by atoms with Gasteiger partial charge in [-0.05, 0) is 220 Å². The van der Waals surface area contributed by atoms with E-state index in [0.717, 1.165) is 40.5 Å². The van der Waals surface area contributed by atoms with E-state index < -0.39 is 0 Å². The van der Waals surface area contributed by atoms with E-state index in [4.69, 9.17) is 0 Å². The molecule has 0 saturated carbocycles. The maximum Gasteiger partial charge on any atom is 0.0749 e. The highest BCUT2D eigenvalue weighted by molar-refractivity contribution is 8.02. The van der Waals surface area contributed by atoms with E-state index in [0.29, 0.717) is 0 Å². The first-order chi connectivity index (χ1) is 46.9. The van der Waals surface area contributed by atoms with Crippen LogP contribution in [-0.4, -0.2) is 6.04 Å². The number of fused-ring (bicyclic) bond motifs is 9. The third kappa shape index (κ3) is 10.2. The van der Waals surface area contributed by atoms with Crippen LogP contribution >= 0.6 is 35.3 Å². The summed E-state index contributed by atoms with van der Waals surface area (Å²) < 4.78 is 0. The zero-order chi connectivity index (χ0) is 65.8. The van der Waals surface area contributed by atoms with Crippen LogP contribution in [0.25, 0.3) is 59.9 Å². The van der Waals surface area contributed by atoms with E-state index in [1.165, 1.54) is 139 Å². The lowest BCUT2D eigenvalue weighted by Gasteiger charge is -2.45. The molecular formula is C90H74N4S3. The van der Waals surface area contributed by atoms with E-state index in [2.05, 4.69) is 349 Å². The van der Waals surface area contributed by atoms with Gasteiger partial charge in [-0.1, -0.05) is 249 Å². The summed E-state index contributed by atoms with van der Waals surface area (Å²) in [6, 6.07) is 97.0. The van der Waals surface area contributed by atoms with Gasteiger partial charge in [0.2, 0.25) is 0 Å². The fourth-order valence-electron chi connectivity index (χ4n) is 15.2. The van der Waals surface area contributed by atoms with Crippen molar-refractivity contribution in [2.45, 2.75) is 120 Å². The second kappa shape index (κ2) is 22.5. The summed E-state index contributed by atoms with van der Waals surface area (Å²) in [7, 11) is 0. The highest BCUT2D eigenvalue weighted by Gasteiger charge is 2.43. The number of nitrogens with zero attached hydrogens (tertiary/aromatic N) is 4. The molecule has 0 saturated heterocycles. The molecule has 0 radical (unpaired) electrons. The van der Waals surface area contributed by atoms with Gasteiger partial charge in [0.1, 0.15) is 0 Å². The Morgan fingerprint density at radius 3 is 1.09 bits per heavy atom. The predicted molar refractivity (Wildman–Crippen MR) is 418 cm³/mol. The molecule has 1 aliphatic carbocycles. The summed E-state index contributed by atoms with van der Waals surface area (Å²) in [6.07, 6.45) is 5.81. The minimum Gasteiger partial charge on any atom is -0.334 e. The molecule has 0 fully saturated rings. The molecule has 3 heterocycles. The molecule has 3 aliphatic heterocycles. The Hall–Kier alpha value is -9.63. The molecule has 1 unspecified atom stereocenters. The monoisotopic (exact) mass is 1310 g/mol. The van der Waals surface area contributed by atoms with E-state index in [1.807, 2.05) is 35.3 Å². The molecule has 0 spiro atoms. The second-order valence-electron chi connectivity index (χ2n) is 29.8. The van der Waals surface area contributed by atoms with Crippen molar-refractivity contribution in [1.29, 1.82) is 0 Å². The van der Waals surface area contributed by atoms with Crippen molar-refractivity contribution < 1.29 is 0 Å². The average molecular weight is 1310 g/mol. The maximum atomic E-state index is 2.71. The molecule has 0 N–H and O–H groups in total. The Kier molecular flexibility index (Phi) is 13.9. The lowest BCUT2D eigenvalue weighted by molar-refractivity contribution is 0.590. The maximum absolute atomic E-state index is 2.71. The lowest BCUT2D eigenvalue weighted by atomic mass is 9.87. The molecule has 4 nitrogen and oxygen atoms in total. The van der Waals surface area contributed by atoms with Gasteiger partial charge in [0.15, 0.2) is 0 Å². The van der Waals surface area contributed by atoms with Crippen LogP contribution in [0.3, 0.4) is 0 Å². The van der Waals surface area contributed by atoms with Crippen LogP contribution in [0, 0.1) is 0 Å². The van der Waals surface area contributed by atoms with Crippen molar-refractivity contribution in [2.24, 2.45) is 0 Å². The standard InChI is InChI=1S/C90H74N4S3/c1-88(2,3)64-25-34-67(35-26-64)91(70-31-22-55-16-10-13-19-58(55)46-70)73-40-43-76-61(49-73)52-79-82-85(76)96-80-53-62-50-75(93(69-38-29-66(30-39-69)90(7,8)9)72-33-24-57-18-12-15-21-60(57)48-72)42-45-78(62)87-83(80)94(82)84-81(97-87)54-63-51-74(41-44-77(63)86(84)95-79)92(68-36-27-65(28-37-68)89(4,5)6)71-32-23-56-17-11-14-20-59(56)47-71/h10-50,52-54,74H,51H2,1-9H3. The Bertz CT molecular complexity index is 5610. The van der Waals surface area contributed by atoms with Crippen LogP contribution in [0.4, 0.5) is 62.6 Å². The molecular weight excluding hydrogens is 1230 g/mol. The van der Waals surface area contributed by atoms with E-state index in [-0.39, 0.29) is 22.3 Å². The molecule has 14 aromatic rings. The van der Waals surface area contributed by atoms with Gasteiger partial charge >= 0.3 is 0 Å². The average Bonchev–Trinajstić information content (AvgIpc) is 0.684. The van der Waals surface area contributed by atoms with Gasteiger partial charge in [-0.15, -0.1) is 0 Å². The van der Waals surface area contributed by atoms with Crippen molar-refractivity contribution in [2.75, 3.05) is 19.6 Å². The summed E-state index contributed by atoms with van der Waals surface area (Å²) in [5, 5.41) is 12.3. The van der Waals surface area contributed by atoms with Crippen molar-refractivity contribution >= 4 is 158 Å². The Morgan fingerprint density at radius 2 is 0.660 bits per heavy atom. The minimum absolute atomic E-state index is 0.0243. The SMILES string of the molecule is CC(C)(C)c1ccc(N(c2ccc3ccccc3c2)c2ccc3c4c5c(cc3c2)Sc2c3c(cc6cc(N(c7ccc(C(C)(C)C)cc7)c7ccc8ccccc8c7)ccc26)Sc2c6c(cc(c2N53)S4)CC(N(c2ccc(C(C)(C)C)cc2)c2ccc3ccccc3c2)C=C6)cc1. The molecule has 0 aromatic heterocycles. The van der Waals surface area contributed by atoms with Crippen molar-refractivity contribution in [3.8, 4) is 0 Å². The summed E-state index contributed by atoms with van der Waals surface area (Å²) in [6.45, 7) is 20.7. The zero-order valence-corrected chi connectivity index (χ0v) is 58.7. The molecule has 1 atom stereocenters. The molecule has 14 aromatic carbocycles. The molecule has 0 amide bonds. The summed E-state index contributed by atoms with van der Waals surface area (Å²) in [4.78, 5) is 18.0. The van der Waals surface area contributed by atoms with Crippen LogP contribution < -0.4 is 19.6 Å². The van der Waals surface area contributed by atoms with Gasteiger partial charge < -0.3 is 19.6 Å². The van der Waals surface area contributed by atoms with E-state index in [1.54, 1.807) is 0 Å². The summed E-state index contributed by atoms with van der Waals surface area (Å²) in [5.41, 5.74) is 19.8. The third-order valence-corrected chi connectivity index (χ3v) is 23.9. The molecule has 472 valence electrons. The minimum atomic E-state index is 0.0243. The van der Waals surface area contributed by atoms with Crippen LogP contribution in [0.2, 0.25) is 0 Å². The highest BCUT2D eigenvalue weighted by Crippen LogP contribution is 2.70. The van der Waals surface area contributed by atoms with Gasteiger partial charge in [-0.3, -0.25) is 0 Å². The molecule has 7 heteroatoms. The number of anilines is 11. The van der Waals surface area contributed by atoms with Crippen LogP contribution in [0.15, 0.2) is 290 Å². The number of hydrogen-bond acceptors (Lipinski definition) is 7. The van der Waals surface area contributed by atoms with Crippen LogP contribution in [-0.2, 0) is 22.7 Å². The normalized spacial score (nSPS) is 14.5. The molecule has 18 rings (SSSR count). The van der Waals surface area contributed by atoms with E-state index >= 15 is 0 Å². The molecule has 0 bridgehead atoms. The molecule has 97 heavy (non-hydrogen) atoms. The topological polar surface area (TPSA) is 13.0 Å². The summed E-state index contributed by atoms with van der Waals surface area (Å²) in [5.74, 6) is 0. The Labute approximate surface area is 582 Å². The first-order valence-electron chi connectivity index (χ1n) is 34.0. The number of benzene rings is 14. The first kappa shape index (κ1) is 59.8. The first-order valence-corrected chi connectivity index (χ1v) is 36.5. The lowest BCUT2D eigenvalue weighted by Crippen LogP contribution is -2.33. The predicted octanol–water partition coefficient (Wildman–Crippen LogP) is 26.9. The second-order valence-corrected chi connectivity index (χ2v) is 33.0. The zero-order valence-electron chi connectivity index (χ0n) is 56.2. The van der Waals surface area contributed by atoms with Gasteiger partial charge in [0.25, 0.3) is 0 Å². The van der Waals surface area contributed by atoms with Crippen molar-refractivity contribution in [1.82, 2.24) is 0 Å². The van der Waals surface area contributed by atoms with Gasteiger partial charge in [-0.2, -0.15) is 0 Å². The van der Waals surface area contributed by atoms with Gasteiger partial charge in [-0.25, -0.2) is 0 Å². The Balaban J connectivity index is 0.826. The fraction of sp³-hybridized carbons (Fsp3) is 0.156. The smallest absolute Gasteiger partial charge is 0.0749 e. The highest BCUT2D eigenvalue weighted by atomic mass is 32.2. The van der Waals surface area contributed by atoms with Crippen molar-refractivity contribution in [3.63, 3.8) is 0 Å². The largest absolute Gasteiger partial charge is 0.334 e. The fourth-order valence-corrected chi connectivity index (χ4v) is 19.3. The summed E-state index contributed by atoms with van der Waals surface area (Å²) >= 11 is 5.90. The number of rotatable bonds is 9. The third-order valence-electron chi connectivity index (χ3n) is 20.4. The van der Waals surface area contributed by atoms with Gasteiger partial charge in [0.05, 0.1) is 23.1 Å². The Morgan fingerprint density at radius 1 is 0.320 bits per heavy atom.